The molecule has 25 heavy (non-hydrogen) atoms. The van der Waals surface area contributed by atoms with Crippen LogP contribution < -0.4 is 19.9 Å². The zero-order chi connectivity index (χ0) is 19.0. The highest BCUT2D eigenvalue weighted by atomic mass is 16.5. The van der Waals surface area contributed by atoms with Gasteiger partial charge >= 0.3 is 5.97 Å². The van der Waals surface area contributed by atoms with E-state index in [2.05, 4.69) is 0 Å². The third kappa shape index (κ3) is 5.55. The molecule has 0 bridgehead atoms. The van der Waals surface area contributed by atoms with Gasteiger partial charge < -0.3 is 30.0 Å². The van der Waals surface area contributed by atoms with Crippen molar-refractivity contribution in [3.63, 3.8) is 0 Å². The number of aliphatic carboxylic acids is 1. The maximum atomic E-state index is 12.6. The Kier molecular flexibility index (Phi) is 7.51. The van der Waals surface area contributed by atoms with Crippen LogP contribution in [0.3, 0.4) is 0 Å². The van der Waals surface area contributed by atoms with Gasteiger partial charge in [-0.15, -0.1) is 0 Å². The Morgan fingerprint density at radius 1 is 1.16 bits per heavy atom. The highest BCUT2D eigenvalue weighted by Crippen LogP contribution is 2.38. The summed E-state index contributed by atoms with van der Waals surface area (Å²) in [4.78, 5) is 35.6. The molecular formula is C16H22N2O7. The van der Waals surface area contributed by atoms with Crippen LogP contribution in [0, 0.1) is 0 Å². The van der Waals surface area contributed by atoms with E-state index in [9.17, 15) is 14.4 Å². The van der Waals surface area contributed by atoms with Gasteiger partial charge in [0.15, 0.2) is 18.1 Å². The number of carboxylic acid groups (broad SMARTS) is 1. The first-order chi connectivity index (χ1) is 11.8. The molecule has 1 aromatic rings. The number of carboxylic acids is 1. The minimum absolute atomic E-state index is 0.0786. The van der Waals surface area contributed by atoms with Gasteiger partial charge in [-0.3, -0.25) is 14.4 Å². The number of carbonyl (C=O) groups is 3. The molecule has 138 valence electrons. The highest BCUT2D eigenvalue weighted by Gasteiger charge is 2.21. The van der Waals surface area contributed by atoms with Crippen molar-refractivity contribution in [3.8, 4) is 17.2 Å². The van der Waals surface area contributed by atoms with Crippen molar-refractivity contribution in [2.24, 2.45) is 5.73 Å². The zero-order valence-corrected chi connectivity index (χ0v) is 14.4. The van der Waals surface area contributed by atoms with Gasteiger partial charge in [0.1, 0.15) is 0 Å². The second-order valence-electron chi connectivity index (χ2n) is 4.99. The molecule has 0 fully saturated rings. The fraction of sp³-hybridized carbons (Fsp3) is 0.438. The van der Waals surface area contributed by atoms with E-state index >= 15 is 0 Å². The Bertz CT molecular complexity index is 620. The van der Waals surface area contributed by atoms with E-state index in [1.54, 1.807) is 6.92 Å². The van der Waals surface area contributed by atoms with Crippen molar-refractivity contribution in [1.29, 1.82) is 0 Å². The molecule has 0 aliphatic heterocycles. The maximum absolute atomic E-state index is 12.6. The summed E-state index contributed by atoms with van der Waals surface area (Å²) < 4.78 is 15.7. The van der Waals surface area contributed by atoms with Crippen molar-refractivity contribution in [2.75, 3.05) is 33.9 Å². The molecule has 0 heterocycles. The molecule has 0 aliphatic carbocycles. The van der Waals surface area contributed by atoms with Crippen LogP contribution in [0.4, 0.5) is 0 Å². The molecule has 9 nitrogen and oxygen atoms in total. The number of hydrogen-bond acceptors (Lipinski definition) is 6. The summed E-state index contributed by atoms with van der Waals surface area (Å²) in [6.07, 6.45) is -0.159. The van der Waals surface area contributed by atoms with Crippen LogP contribution in [0.2, 0.25) is 0 Å². The molecule has 0 saturated heterocycles. The summed E-state index contributed by atoms with van der Waals surface area (Å²) in [7, 11) is 2.75. The molecular weight excluding hydrogens is 332 g/mol. The van der Waals surface area contributed by atoms with Crippen LogP contribution in [0.1, 0.15) is 23.7 Å². The second-order valence-corrected chi connectivity index (χ2v) is 4.99. The predicted molar refractivity (Wildman–Crippen MR) is 88.1 cm³/mol. The normalized spacial score (nSPS) is 10.0. The first-order valence-electron chi connectivity index (χ1n) is 7.52. The molecule has 2 amide bonds. The number of amides is 2. The van der Waals surface area contributed by atoms with Crippen molar-refractivity contribution in [1.82, 2.24) is 4.90 Å². The number of primary amides is 1. The van der Waals surface area contributed by atoms with E-state index in [4.69, 9.17) is 25.1 Å². The number of hydrogen-bond donors (Lipinski definition) is 2. The summed E-state index contributed by atoms with van der Waals surface area (Å²) in [5.74, 6) is -1.50. The van der Waals surface area contributed by atoms with E-state index < -0.39 is 11.9 Å². The monoisotopic (exact) mass is 354 g/mol. The van der Waals surface area contributed by atoms with E-state index in [0.29, 0.717) is 6.54 Å². The summed E-state index contributed by atoms with van der Waals surface area (Å²) in [5.41, 5.74) is 5.31. The summed E-state index contributed by atoms with van der Waals surface area (Å²) in [5, 5.41) is 8.78. The van der Waals surface area contributed by atoms with E-state index in [0.717, 1.165) is 0 Å². The van der Waals surface area contributed by atoms with Gasteiger partial charge in [0.05, 0.1) is 20.6 Å². The number of nitrogens with zero attached hydrogens (tertiary/aromatic N) is 1. The van der Waals surface area contributed by atoms with E-state index in [-0.39, 0.29) is 48.3 Å². The minimum atomic E-state index is -0.989. The zero-order valence-electron chi connectivity index (χ0n) is 14.4. The molecule has 0 aliphatic rings. The Morgan fingerprint density at radius 2 is 1.72 bits per heavy atom. The number of nitrogens with two attached hydrogens (primary N) is 1. The van der Waals surface area contributed by atoms with Crippen molar-refractivity contribution in [3.05, 3.63) is 17.7 Å². The number of ether oxygens (including phenoxy) is 3. The Balaban J connectivity index is 3.16. The highest BCUT2D eigenvalue weighted by molar-refractivity contribution is 5.96. The molecule has 0 radical (unpaired) electrons. The average molecular weight is 354 g/mol. The van der Waals surface area contributed by atoms with E-state index in [1.807, 2.05) is 0 Å². The van der Waals surface area contributed by atoms with Crippen LogP contribution in [-0.2, 0) is 9.59 Å². The molecule has 0 unspecified atom stereocenters. The third-order valence-corrected chi connectivity index (χ3v) is 3.33. The third-order valence-electron chi connectivity index (χ3n) is 3.33. The van der Waals surface area contributed by atoms with Crippen molar-refractivity contribution < 1.29 is 33.7 Å². The first kappa shape index (κ1) is 20.1. The summed E-state index contributed by atoms with van der Waals surface area (Å²) >= 11 is 0. The summed E-state index contributed by atoms with van der Waals surface area (Å²) in [6.45, 7) is 1.80. The topological polar surface area (TPSA) is 128 Å². The van der Waals surface area contributed by atoms with Crippen molar-refractivity contribution >= 4 is 17.8 Å². The number of methoxy groups -OCH3 is 2. The number of carbonyl (C=O) groups excluding carboxylic acids is 2. The minimum Gasteiger partial charge on any atom is -0.493 e. The van der Waals surface area contributed by atoms with Gasteiger partial charge in [0, 0.05) is 18.7 Å². The fourth-order valence-corrected chi connectivity index (χ4v) is 2.11. The quantitative estimate of drug-likeness (QED) is 0.626. The molecule has 9 heteroatoms. The lowest BCUT2D eigenvalue weighted by molar-refractivity contribution is -0.137. The Hall–Kier alpha value is -2.97. The van der Waals surface area contributed by atoms with Crippen LogP contribution in [0.25, 0.3) is 0 Å². The van der Waals surface area contributed by atoms with Crippen LogP contribution in [0.5, 0.6) is 17.2 Å². The molecule has 0 saturated carbocycles. The van der Waals surface area contributed by atoms with Crippen LogP contribution in [0.15, 0.2) is 12.1 Å². The smallest absolute Gasteiger partial charge is 0.305 e. The Labute approximate surface area is 145 Å². The van der Waals surface area contributed by atoms with Crippen LogP contribution in [-0.4, -0.2) is 61.7 Å². The Morgan fingerprint density at radius 3 is 2.12 bits per heavy atom. The lowest BCUT2D eigenvalue weighted by Crippen LogP contribution is -2.32. The van der Waals surface area contributed by atoms with Gasteiger partial charge in [-0.1, -0.05) is 0 Å². The largest absolute Gasteiger partial charge is 0.493 e. The second kappa shape index (κ2) is 9.36. The van der Waals surface area contributed by atoms with Crippen LogP contribution >= 0.6 is 0 Å². The standard InChI is InChI=1S/C16H22N2O7/c1-4-18(6-5-14(20)21)16(22)10-7-11(23-2)15(12(8-10)24-3)25-9-13(17)19/h7-8H,4-6,9H2,1-3H3,(H2,17,19)(H,20,21). The van der Waals surface area contributed by atoms with Gasteiger partial charge in [-0.25, -0.2) is 0 Å². The SMILES string of the molecule is CCN(CCC(=O)O)C(=O)c1cc(OC)c(OCC(N)=O)c(OC)c1. The lowest BCUT2D eigenvalue weighted by atomic mass is 10.1. The van der Waals surface area contributed by atoms with Gasteiger partial charge in [-0.2, -0.15) is 0 Å². The van der Waals surface area contributed by atoms with Gasteiger partial charge in [-0.05, 0) is 19.1 Å². The molecule has 1 rings (SSSR count). The number of benzene rings is 1. The number of rotatable bonds is 10. The predicted octanol–water partition coefficient (Wildman–Crippen LogP) is 0.505. The lowest BCUT2D eigenvalue weighted by Gasteiger charge is -2.21. The molecule has 0 aromatic heterocycles. The molecule has 0 spiro atoms. The van der Waals surface area contributed by atoms with Gasteiger partial charge in [0.25, 0.3) is 11.8 Å². The average Bonchev–Trinajstić information content (AvgIpc) is 2.58. The first-order valence-corrected chi connectivity index (χ1v) is 7.52. The fourth-order valence-electron chi connectivity index (χ4n) is 2.11. The van der Waals surface area contributed by atoms with E-state index in [1.165, 1.54) is 31.3 Å². The molecule has 0 atom stereocenters. The van der Waals surface area contributed by atoms with Crippen molar-refractivity contribution in [2.45, 2.75) is 13.3 Å². The van der Waals surface area contributed by atoms with Gasteiger partial charge in [0.2, 0.25) is 5.75 Å². The molecule has 1 aromatic carbocycles. The maximum Gasteiger partial charge on any atom is 0.305 e. The summed E-state index contributed by atoms with van der Waals surface area (Å²) in [6, 6.07) is 2.87. The molecule has 3 N–H and O–H groups in total.